The van der Waals surface area contributed by atoms with E-state index < -0.39 is 10.0 Å². The standard InChI is InChI=1S/C14H24N2O3S/c1-10(2)15-8-13-5-6-14(19-13)20(17,18)16-9-11(3)7-12(16)4/h5-6,10-12,15H,7-9H2,1-4H3. The summed E-state index contributed by atoms with van der Waals surface area (Å²) in [5.74, 6) is 1.05. The highest BCUT2D eigenvalue weighted by Crippen LogP contribution is 2.29. The van der Waals surface area contributed by atoms with Gasteiger partial charge >= 0.3 is 0 Å². The lowest BCUT2D eigenvalue weighted by Crippen LogP contribution is -2.33. The van der Waals surface area contributed by atoms with Crippen molar-refractivity contribution in [3.63, 3.8) is 0 Å². The van der Waals surface area contributed by atoms with Crippen LogP contribution in [0.1, 0.15) is 39.9 Å². The molecule has 1 aliphatic rings. The van der Waals surface area contributed by atoms with E-state index in [1.165, 1.54) is 0 Å². The summed E-state index contributed by atoms with van der Waals surface area (Å²) in [5.41, 5.74) is 0. The molecule has 0 radical (unpaired) electrons. The summed E-state index contributed by atoms with van der Waals surface area (Å²) >= 11 is 0. The summed E-state index contributed by atoms with van der Waals surface area (Å²) < 4.78 is 32.2. The van der Waals surface area contributed by atoms with Crippen molar-refractivity contribution in [3.05, 3.63) is 17.9 Å². The highest BCUT2D eigenvalue weighted by Gasteiger charge is 2.37. The Bertz CT molecular complexity index is 551. The van der Waals surface area contributed by atoms with Gasteiger partial charge in [0.15, 0.2) is 0 Å². The Morgan fingerprint density at radius 3 is 2.65 bits per heavy atom. The molecular formula is C14H24N2O3S. The molecule has 0 aliphatic carbocycles. The largest absolute Gasteiger partial charge is 0.447 e. The lowest BCUT2D eigenvalue weighted by atomic mass is 10.1. The number of nitrogens with zero attached hydrogens (tertiary/aromatic N) is 1. The van der Waals surface area contributed by atoms with Crippen LogP contribution >= 0.6 is 0 Å². The Balaban J connectivity index is 2.14. The molecule has 0 amide bonds. The number of rotatable bonds is 5. The van der Waals surface area contributed by atoms with Crippen molar-refractivity contribution in [2.45, 2.75) is 57.8 Å². The summed E-state index contributed by atoms with van der Waals surface area (Å²) in [4.78, 5) is 0. The van der Waals surface area contributed by atoms with Gasteiger partial charge in [0.1, 0.15) is 5.76 Å². The van der Waals surface area contributed by atoms with Gasteiger partial charge in [-0.15, -0.1) is 0 Å². The van der Waals surface area contributed by atoms with Crippen LogP contribution in [0.2, 0.25) is 0 Å². The molecule has 0 spiro atoms. The number of sulfonamides is 1. The van der Waals surface area contributed by atoms with E-state index in [0.29, 0.717) is 30.8 Å². The molecule has 1 aromatic rings. The Kier molecular flexibility index (Phi) is 4.56. The minimum atomic E-state index is -3.50. The molecule has 114 valence electrons. The van der Waals surface area contributed by atoms with Crippen LogP contribution in [0.5, 0.6) is 0 Å². The Morgan fingerprint density at radius 1 is 1.40 bits per heavy atom. The number of nitrogens with one attached hydrogen (secondary N) is 1. The van der Waals surface area contributed by atoms with Crippen molar-refractivity contribution >= 4 is 10.0 Å². The first-order chi connectivity index (χ1) is 9.30. The van der Waals surface area contributed by atoms with Gasteiger partial charge in [-0.2, -0.15) is 4.31 Å². The second-order valence-corrected chi connectivity index (χ2v) is 7.84. The molecule has 1 N–H and O–H groups in total. The fourth-order valence-corrected chi connectivity index (χ4v) is 4.30. The third-order valence-electron chi connectivity index (χ3n) is 3.61. The first kappa shape index (κ1) is 15.5. The first-order valence-electron chi connectivity index (χ1n) is 7.14. The molecule has 6 heteroatoms. The monoisotopic (exact) mass is 300 g/mol. The van der Waals surface area contributed by atoms with Crippen molar-refractivity contribution in [1.29, 1.82) is 0 Å². The first-order valence-corrected chi connectivity index (χ1v) is 8.58. The van der Waals surface area contributed by atoms with Crippen molar-refractivity contribution in [1.82, 2.24) is 9.62 Å². The predicted octanol–water partition coefficient (Wildman–Crippen LogP) is 2.20. The average molecular weight is 300 g/mol. The second-order valence-electron chi connectivity index (χ2n) is 6.02. The summed E-state index contributed by atoms with van der Waals surface area (Å²) in [7, 11) is -3.50. The maximum atomic E-state index is 12.6. The van der Waals surface area contributed by atoms with E-state index in [1.807, 2.05) is 20.8 Å². The van der Waals surface area contributed by atoms with Gasteiger partial charge in [0, 0.05) is 18.6 Å². The summed E-state index contributed by atoms with van der Waals surface area (Å²) in [6.07, 6.45) is 0.904. The summed E-state index contributed by atoms with van der Waals surface area (Å²) in [6.45, 7) is 9.21. The smallest absolute Gasteiger partial charge is 0.276 e. The topological polar surface area (TPSA) is 62.6 Å². The second kappa shape index (κ2) is 5.87. The molecule has 2 unspecified atom stereocenters. The van der Waals surface area contributed by atoms with Crippen LogP contribution in [-0.4, -0.2) is 31.4 Å². The van der Waals surface area contributed by atoms with Gasteiger partial charge in [-0.3, -0.25) is 0 Å². The molecule has 0 bridgehead atoms. The van der Waals surface area contributed by atoms with Gasteiger partial charge in [0.05, 0.1) is 6.54 Å². The number of hydrogen-bond donors (Lipinski definition) is 1. The molecule has 1 saturated heterocycles. The minimum Gasteiger partial charge on any atom is -0.447 e. The van der Waals surface area contributed by atoms with E-state index in [4.69, 9.17) is 4.42 Å². The quantitative estimate of drug-likeness (QED) is 0.905. The summed E-state index contributed by atoms with van der Waals surface area (Å²) in [5, 5.41) is 3.26. The van der Waals surface area contributed by atoms with Gasteiger partial charge in [-0.25, -0.2) is 8.42 Å². The highest BCUT2D eigenvalue weighted by molar-refractivity contribution is 7.89. The highest BCUT2D eigenvalue weighted by atomic mass is 32.2. The molecule has 2 heterocycles. The van der Waals surface area contributed by atoms with Gasteiger partial charge in [-0.1, -0.05) is 20.8 Å². The molecule has 0 saturated carbocycles. The van der Waals surface area contributed by atoms with Crippen LogP contribution in [0.15, 0.2) is 21.6 Å². The van der Waals surface area contributed by atoms with Crippen LogP contribution in [0.4, 0.5) is 0 Å². The third kappa shape index (κ3) is 3.24. The fraction of sp³-hybridized carbons (Fsp3) is 0.714. The zero-order valence-corrected chi connectivity index (χ0v) is 13.4. The molecule has 1 aliphatic heterocycles. The molecule has 1 aromatic heterocycles. The van der Waals surface area contributed by atoms with Crippen LogP contribution in [0.3, 0.4) is 0 Å². The van der Waals surface area contributed by atoms with E-state index in [-0.39, 0.29) is 11.1 Å². The van der Waals surface area contributed by atoms with Crippen LogP contribution in [0, 0.1) is 5.92 Å². The van der Waals surface area contributed by atoms with Crippen molar-refractivity contribution < 1.29 is 12.8 Å². The van der Waals surface area contributed by atoms with Crippen molar-refractivity contribution in [2.24, 2.45) is 5.92 Å². The third-order valence-corrected chi connectivity index (χ3v) is 5.47. The molecule has 5 nitrogen and oxygen atoms in total. The average Bonchev–Trinajstić information content (AvgIpc) is 2.93. The predicted molar refractivity (Wildman–Crippen MR) is 77.8 cm³/mol. The zero-order valence-electron chi connectivity index (χ0n) is 12.6. The van der Waals surface area contributed by atoms with Gasteiger partial charge in [0.2, 0.25) is 5.09 Å². The maximum Gasteiger partial charge on any atom is 0.276 e. The van der Waals surface area contributed by atoms with Gasteiger partial charge in [0.25, 0.3) is 10.0 Å². The molecule has 20 heavy (non-hydrogen) atoms. The van der Waals surface area contributed by atoms with E-state index in [2.05, 4.69) is 12.2 Å². The minimum absolute atomic E-state index is 0.0392. The fourth-order valence-electron chi connectivity index (χ4n) is 2.61. The van der Waals surface area contributed by atoms with E-state index in [9.17, 15) is 8.42 Å². The Labute approximate surface area is 121 Å². The van der Waals surface area contributed by atoms with Crippen LogP contribution < -0.4 is 5.32 Å². The number of hydrogen-bond acceptors (Lipinski definition) is 4. The summed E-state index contributed by atoms with van der Waals surface area (Å²) in [6, 6.07) is 3.66. The molecule has 2 atom stereocenters. The lowest BCUT2D eigenvalue weighted by molar-refractivity contribution is 0.357. The van der Waals surface area contributed by atoms with E-state index in [0.717, 1.165) is 6.42 Å². The van der Waals surface area contributed by atoms with Gasteiger partial charge < -0.3 is 9.73 Å². The van der Waals surface area contributed by atoms with Crippen LogP contribution in [-0.2, 0) is 16.6 Å². The van der Waals surface area contributed by atoms with Crippen molar-refractivity contribution in [2.75, 3.05) is 6.54 Å². The van der Waals surface area contributed by atoms with Crippen molar-refractivity contribution in [3.8, 4) is 0 Å². The lowest BCUT2D eigenvalue weighted by Gasteiger charge is -2.19. The molecular weight excluding hydrogens is 276 g/mol. The zero-order chi connectivity index (χ0) is 14.9. The maximum absolute atomic E-state index is 12.6. The normalized spacial score (nSPS) is 24.6. The Hall–Kier alpha value is -0.850. The van der Waals surface area contributed by atoms with Gasteiger partial charge in [-0.05, 0) is 31.4 Å². The Morgan fingerprint density at radius 2 is 2.10 bits per heavy atom. The van der Waals surface area contributed by atoms with E-state index >= 15 is 0 Å². The van der Waals surface area contributed by atoms with E-state index in [1.54, 1.807) is 16.4 Å². The molecule has 2 rings (SSSR count). The molecule has 0 aromatic carbocycles. The molecule has 1 fully saturated rings. The van der Waals surface area contributed by atoms with Crippen LogP contribution in [0.25, 0.3) is 0 Å². The SMILES string of the molecule is CC1CC(C)N(S(=O)(=O)c2ccc(CNC(C)C)o2)C1. The number of furan rings is 1.